The van der Waals surface area contributed by atoms with Crippen molar-refractivity contribution >= 4 is 34.7 Å². The number of nitrogens with zero attached hydrogens (tertiary/aromatic N) is 9. The Kier molecular flexibility index (Phi) is 18.3. The second-order valence-electron chi connectivity index (χ2n) is 25.4. The minimum Gasteiger partial charge on any atom is -0.467 e. The number of benzene rings is 1. The van der Waals surface area contributed by atoms with Crippen molar-refractivity contribution in [3.63, 3.8) is 0 Å². The number of aryl methyl sites for hydroxylation is 1. The van der Waals surface area contributed by atoms with Crippen molar-refractivity contribution in [3.8, 4) is 11.3 Å². The molecule has 0 bridgehead atoms. The third kappa shape index (κ3) is 12.4. The van der Waals surface area contributed by atoms with Gasteiger partial charge in [-0.05, 0) is 127 Å². The van der Waals surface area contributed by atoms with Gasteiger partial charge >= 0.3 is 0 Å². The van der Waals surface area contributed by atoms with E-state index in [1.165, 1.54) is 12.8 Å². The van der Waals surface area contributed by atoms with Crippen LogP contribution in [0.3, 0.4) is 0 Å². The van der Waals surface area contributed by atoms with Crippen molar-refractivity contribution in [3.05, 3.63) is 84.1 Å². The van der Waals surface area contributed by atoms with Gasteiger partial charge in [0.2, 0.25) is 5.91 Å². The van der Waals surface area contributed by atoms with E-state index < -0.39 is 11.5 Å². The van der Waals surface area contributed by atoms with E-state index in [1.807, 2.05) is 24.5 Å². The highest BCUT2D eigenvalue weighted by Crippen LogP contribution is 2.45. The van der Waals surface area contributed by atoms with Crippen molar-refractivity contribution in [1.29, 1.82) is 0 Å². The normalized spacial score (nSPS) is 22.5. The molecule has 1 amide bonds. The lowest BCUT2D eigenvalue weighted by Crippen LogP contribution is -2.71. The maximum absolute atomic E-state index is 15.4. The number of anilines is 2. The molecule has 1 aromatic carbocycles. The molecule has 17 heteroatoms. The molecule has 436 valence electrons. The molecule has 5 saturated heterocycles. The lowest BCUT2D eigenvalue weighted by molar-refractivity contribution is -0.200. The topological polar surface area (TPSA) is 156 Å². The first-order valence-corrected chi connectivity index (χ1v) is 30.2. The van der Waals surface area contributed by atoms with Crippen molar-refractivity contribution < 1.29 is 28.9 Å². The van der Waals surface area contributed by atoms with Gasteiger partial charge in [-0.1, -0.05) is 40.3 Å². The number of hydrogen-bond acceptors (Lipinski definition) is 15. The SMILES string of the molecule is C=C(C(NC(=O)C(C(C)C)N1CCC[C@@H]1c1ccccn1)C(CCN(CCO)c1ccc2c(c1)c(CC(C)(C)COC=O)c(-c1cc(N3CCN(C4CC4)CC3)cnc1C(C)OC)n2CC)N1CC2(COC2)C1)N1CCCC(C)N1. The molecular weight excluding hydrogens is 1010 g/mol. The maximum atomic E-state index is 15.4. The van der Waals surface area contributed by atoms with Gasteiger partial charge in [0.05, 0.1) is 79.6 Å². The summed E-state index contributed by atoms with van der Waals surface area (Å²) in [5.74, 6) is 0.0716. The third-order valence-corrected chi connectivity index (χ3v) is 18.5. The number of hydrogen-bond donors (Lipinski definition) is 3. The lowest BCUT2D eigenvalue weighted by Gasteiger charge is -2.59. The summed E-state index contributed by atoms with van der Waals surface area (Å²) >= 11 is 0. The molecule has 8 heterocycles. The summed E-state index contributed by atoms with van der Waals surface area (Å²) in [5, 5.41) is 18.0. The summed E-state index contributed by atoms with van der Waals surface area (Å²) in [5.41, 5.74) is 12.7. The zero-order valence-electron chi connectivity index (χ0n) is 49.4. The Hall–Kier alpha value is -5.14. The van der Waals surface area contributed by atoms with E-state index in [1.54, 1.807) is 7.11 Å². The van der Waals surface area contributed by atoms with Gasteiger partial charge in [0.15, 0.2) is 0 Å². The molecule has 3 N–H and O–H groups in total. The van der Waals surface area contributed by atoms with E-state index in [0.717, 1.165) is 153 Å². The van der Waals surface area contributed by atoms with Crippen LogP contribution in [-0.2, 0) is 36.8 Å². The Morgan fingerprint density at radius 2 is 1.79 bits per heavy atom. The monoisotopic (exact) mass is 1100 g/mol. The number of pyridine rings is 2. The van der Waals surface area contributed by atoms with E-state index in [4.69, 9.17) is 30.8 Å². The predicted octanol–water partition coefficient (Wildman–Crippen LogP) is 7.59. The zero-order chi connectivity index (χ0) is 56.3. The molecule has 5 aliphatic heterocycles. The number of aliphatic hydroxyl groups excluding tert-OH is 1. The summed E-state index contributed by atoms with van der Waals surface area (Å²) in [6, 6.07) is 15.4. The minimum absolute atomic E-state index is 0.0223. The highest BCUT2D eigenvalue weighted by Gasteiger charge is 2.53. The Balaban J connectivity index is 1.02. The van der Waals surface area contributed by atoms with Gasteiger partial charge in [-0.2, -0.15) is 0 Å². The number of aromatic nitrogens is 3. The number of rotatable bonds is 26. The van der Waals surface area contributed by atoms with Crippen molar-refractivity contribution in [2.45, 2.75) is 149 Å². The standard InChI is InChI=1S/C63H93N11O6/c1-10-72-54-21-20-48(33-50(54)52(35-62(7,8)39-80-42-76)60(72)51-34-49(36-65-58(51)46(6)78-9)70-29-27-69(28-30-70)47-18-19-47)68(31-32-75)26-22-56(71-37-63(38-71)40-79-41-63)57(45(5)74-25-13-15-44(4)67-74)66-61(77)59(43(2)3)73-24-14-17-55(73)53-16-11-12-23-64-53/h11-12,16,20-21,23,33-34,36,42-44,46-47,55-57,59,67,75H,5,10,13-15,17-19,22,24-32,35,37-41H2,1-4,6-9H3,(H,66,77)/t44?,46?,55-,56?,57?,59?/m1/s1. The molecule has 5 unspecified atom stereocenters. The van der Waals surface area contributed by atoms with Crippen LogP contribution in [0.1, 0.15) is 123 Å². The fourth-order valence-electron chi connectivity index (χ4n) is 14.1. The summed E-state index contributed by atoms with van der Waals surface area (Å²) in [7, 11) is 1.75. The van der Waals surface area contributed by atoms with Crippen LogP contribution in [0.5, 0.6) is 0 Å². The number of nitrogens with one attached hydrogen (secondary N) is 2. The first-order chi connectivity index (χ1) is 38.6. The number of carbonyl (C=O) groups excluding carboxylic acids is 2. The summed E-state index contributed by atoms with van der Waals surface area (Å²) < 4.78 is 19.9. The molecule has 1 saturated carbocycles. The molecular formula is C63H93N11O6. The number of fused-ring (bicyclic) bond motifs is 1. The van der Waals surface area contributed by atoms with Crippen LogP contribution in [-0.4, -0.2) is 181 Å². The van der Waals surface area contributed by atoms with Crippen LogP contribution < -0.4 is 20.5 Å². The van der Waals surface area contributed by atoms with Crippen LogP contribution in [0, 0.1) is 16.7 Å². The van der Waals surface area contributed by atoms with Gasteiger partial charge in [-0.15, -0.1) is 0 Å². The second-order valence-corrected chi connectivity index (χ2v) is 25.4. The second kappa shape index (κ2) is 25.2. The molecule has 0 radical (unpaired) electrons. The van der Waals surface area contributed by atoms with Crippen LogP contribution in [0.25, 0.3) is 22.2 Å². The van der Waals surface area contributed by atoms with Gasteiger partial charge in [0, 0.05) is 136 Å². The number of hydrazine groups is 1. The highest BCUT2D eigenvalue weighted by atomic mass is 16.5. The van der Waals surface area contributed by atoms with Gasteiger partial charge < -0.3 is 44.0 Å². The Bertz CT molecular complexity index is 2750. The van der Waals surface area contributed by atoms with Crippen LogP contribution >= 0.6 is 0 Å². The van der Waals surface area contributed by atoms with E-state index >= 15 is 4.79 Å². The first kappa shape index (κ1) is 58.1. The average Bonchev–Trinajstić information content (AvgIpc) is 4.15. The number of piperazine rings is 1. The largest absolute Gasteiger partial charge is 0.467 e. The van der Waals surface area contributed by atoms with E-state index in [-0.39, 0.29) is 60.7 Å². The van der Waals surface area contributed by atoms with Crippen molar-refractivity contribution in [2.24, 2.45) is 16.7 Å². The quantitative estimate of drug-likeness (QED) is 0.0529. The molecule has 10 rings (SSSR count). The summed E-state index contributed by atoms with van der Waals surface area (Å²) in [4.78, 5) is 49.6. The maximum Gasteiger partial charge on any atom is 0.293 e. The minimum atomic E-state index is -0.417. The van der Waals surface area contributed by atoms with Crippen LogP contribution in [0.2, 0.25) is 0 Å². The van der Waals surface area contributed by atoms with Crippen molar-refractivity contribution in [2.75, 3.05) is 109 Å². The smallest absolute Gasteiger partial charge is 0.293 e. The van der Waals surface area contributed by atoms with E-state index in [2.05, 4.69) is 124 Å². The number of methoxy groups -OCH3 is 1. The number of likely N-dealkylation sites (tertiary alicyclic amines) is 2. The Morgan fingerprint density at radius 3 is 2.44 bits per heavy atom. The number of amides is 1. The Labute approximate surface area is 476 Å². The molecule has 3 aromatic heterocycles. The fourth-order valence-corrected chi connectivity index (χ4v) is 14.1. The Morgan fingerprint density at radius 1 is 1.01 bits per heavy atom. The number of carbonyl (C=O) groups is 2. The molecule has 1 aliphatic carbocycles. The summed E-state index contributed by atoms with van der Waals surface area (Å²) in [6.45, 7) is 31.4. The molecule has 6 atom stereocenters. The number of ether oxygens (including phenoxy) is 3. The highest BCUT2D eigenvalue weighted by molar-refractivity contribution is 5.95. The van der Waals surface area contributed by atoms with Gasteiger partial charge in [0.1, 0.15) is 0 Å². The molecule has 80 heavy (non-hydrogen) atoms. The molecule has 4 aromatic rings. The van der Waals surface area contributed by atoms with E-state index in [9.17, 15) is 9.90 Å². The van der Waals surface area contributed by atoms with Gasteiger partial charge in [0.25, 0.3) is 6.47 Å². The fraction of sp³-hybridized carbons (Fsp3) is 0.651. The van der Waals surface area contributed by atoms with Crippen molar-refractivity contribution in [1.82, 2.24) is 45.0 Å². The van der Waals surface area contributed by atoms with Gasteiger partial charge in [-0.3, -0.25) is 34.3 Å². The van der Waals surface area contributed by atoms with Crippen LogP contribution in [0.15, 0.2) is 67.1 Å². The lowest BCUT2D eigenvalue weighted by atomic mass is 9.76. The molecule has 6 fully saturated rings. The average molecular weight is 1100 g/mol. The predicted molar refractivity (Wildman–Crippen MR) is 316 cm³/mol. The molecule has 1 spiro atoms. The summed E-state index contributed by atoms with van der Waals surface area (Å²) in [6.07, 6.45) is 11.6. The van der Waals surface area contributed by atoms with E-state index in [0.29, 0.717) is 38.9 Å². The third-order valence-electron chi connectivity index (χ3n) is 18.5. The molecule has 17 nitrogen and oxygen atoms in total. The first-order valence-electron chi connectivity index (χ1n) is 30.2. The van der Waals surface area contributed by atoms with Gasteiger partial charge in [-0.25, -0.2) is 5.43 Å². The zero-order valence-corrected chi connectivity index (χ0v) is 49.4. The molecule has 6 aliphatic rings. The number of aliphatic hydroxyl groups is 1. The van der Waals surface area contributed by atoms with Crippen LogP contribution in [0.4, 0.5) is 11.4 Å².